The van der Waals surface area contributed by atoms with E-state index in [2.05, 4.69) is 68.4 Å². The highest BCUT2D eigenvalue weighted by atomic mass is 32.1. The summed E-state index contributed by atoms with van der Waals surface area (Å²) in [7, 11) is 0. The molecule has 0 bridgehead atoms. The third kappa shape index (κ3) is 4.67. The molecule has 0 amide bonds. The first-order valence-corrected chi connectivity index (χ1v) is 13.2. The summed E-state index contributed by atoms with van der Waals surface area (Å²) in [4.78, 5) is 6.92. The highest BCUT2D eigenvalue weighted by molar-refractivity contribution is 7.80. The first kappa shape index (κ1) is 22.6. The molecule has 6 rings (SSSR count). The highest BCUT2D eigenvalue weighted by Gasteiger charge is 2.42. The average Bonchev–Trinajstić information content (AvgIpc) is 3.69. The Bertz CT molecular complexity index is 1140. The Hall–Kier alpha value is -2.90. The van der Waals surface area contributed by atoms with Crippen molar-refractivity contribution in [2.75, 3.05) is 11.5 Å². The smallest absolute Gasteiger partial charge is 0.174 e. The van der Waals surface area contributed by atoms with Gasteiger partial charge in [-0.2, -0.15) is 0 Å². The average molecular weight is 489 g/mol. The molecule has 1 N–H and O–H groups in total. The lowest BCUT2D eigenvalue weighted by Gasteiger charge is -2.29. The van der Waals surface area contributed by atoms with E-state index in [1.807, 2.05) is 18.3 Å². The molecule has 3 atom stereocenters. The maximum atomic E-state index is 6.21. The van der Waals surface area contributed by atoms with E-state index in [1.54, 1.807) is 0 Å². The van der Waals surface area contributed by atoms with Crippen molar-refractivity contribution < 1.29 is 9.47 Å². The van der Waals surface area contributed by atoms with Crippen LogP contribution in [0.5, 0.6) is 5.75 Å². The topological polar surface area (TPSA) is 51.5 Å². The van der Waals surface area contributed by atoms with Gasteiger partial charge in [-0.05, 0) is 99.3 Å². The van der Waals surface area contributed by atoms with Gasteiger partial charge in [-0.25, -0.2) is 0 Å². The molecule has 7 heteroatoms. The summed E-state index contributed by atoms with van der Waals surface area (Å²) in [6, 6.07) is 18.7. The number of pyridine rings is 1. The van der Waals surface area contributed by atoms with Crippen LogP contribution in [0.15, 0.2) is 67.0 Å². The largest absolute Gasteiger partial charge is 0.490 e. The minimum Gasteiger partial charge on any atom is -0.490 e. The molecular weight excluding hydrogens is 456 g/mol. The second-order valence-electron chi connectivity index (χ2n) is 9.74. The van der Waals surface area contributed by atoms with E-state index in [1.165, 1.54) is 18.5 Å². The van der Waals surface area contributed by atoms with Gasteiger partial charge in [0.15, 0.2) is 5.11 Å². The summed E-state index contributed by atoms with van der Waals surface area (Å²) < 4.78 is 14.5. The molecule has 1 aliphatic carbocycles. The zero-order valence-corrected chi connectivity index (χ0v) is 20.7. The van der Waals surface area contributed by atoms with E-state index in [-0.39, 0.29) is 18.2 Å². The van der Waals surface area contributed by atoms with Crippen molar-refractivity contribution >= 4 is 23.0 Å². The van der Waals surface area contributed by atoms with E-state index in [9.17, 15) is 0 Å². The summed E-state index contributed by atoms with van der Waals surface area (Å²) in [5, 5.41) is 4.28. The third-order valence-corrected chi connectivity index (χ3v) is 7.72. The van der Waals surface area contributed by atoms with Crippen LogP contribution in [0.3, 0.4) is 0 Å². The van der Waals surface area contributed by atoms with Crippen molar-refractivity contribution in [2.45, 2.75) is 69.4 Å². The van der Waals surface area contributed by atoms with Gasteiger partial charge in [0.1, 0.15) is 11.8 Å². The second-order valence-corrected chi connectivity index (χ2v) is 10.1. The quantitative estimate of drug-likeness (QED) is 0.440. The lowest BCUT2D eigenvalue weighted by Crippen LogP contribution is -2.31. The normalized spacial score (nSPS) is 24.7. The summed E-state index contributed by atoms with van der Waals surface area (Å²) >= 11 is 5.91. The monoisotopic (exact) mass is 488 g/mol. The molecule has 3 aliphatic rings. The van der Waals surface area contributed by atoms with E-state index in [0.29, 0.717) is 11.2 Å². The number of hydrogen-bond acceptors (Lipinski definition) is 4. The van der Waals surface area contributed by atoms with Crippen LogP contribution in [0.1, 0.15) is 62.0 Å². The number of rotatable bonds is 7. The zero-order valence-electron chi connectivity index (χ0n) is 19.9. The fraction of sp³-hybridized carbons (Fsp3) is 0.429. The van der Waals surface area contributed by atoms with Crippen LogP contribution in [-0.2, 0) is 11.3 Å². The van der Waals surface area contributed by atoms with Gasteiger partial charge in [0, 0.05) is 36.9 Å². The Kier molecular flexibility index (Phi) is 6.44. The number of nitrogens with one attached hydrogen (secondary N) is 1. The predicted molar refractivity (Wildman–Crippen MR) is 141 cm³/mol. The number of anilines is 1. The molecule has 4 heterocycles. The maximum Gasteiger partial charge on any atom is 0.174 e. The molecular formula is C28H32N4O2S. The van der Waals surface area contributed by atoms with Crippen molar-refractivity contribution in [3.8, 4) is 5.75 Å². The molecule has 1 aromatic carbocycles. The molecule has 2 aromatic heterocycles. The molecule has 0 radical (unpaired) electrons. The minimum atomic E-state index is -0.0590. The molecule has 3 unspecified atom stereocenters. The van der Waals surface area contributed by atoms with Gasteiger partial charge in [-0.15, -0.1) is 0 Å². The molecule has 3 fully saturated rings. The Morgan fingerprint density at radius 1 is 1.00 bits per heavy atom. The van der Waals surface area contributed by atoms with Crippen LogP contribution in [0.25, 0.3) is 0 Å². The van der Waals surface area contributed by atoms with Crippen molar-refractivity contribution in [1.29, 1.82) is 0 Å². The fourth-order valence-corrected chi connectivity index (χ4v) is 6.03. The SMILES string of the molecule is S=C1NC(c2ccccn2)C(c2cccn2CC2CCCO2)N1c1ccc(OC2CCCC2)cc1. The van der Waals surface area contributed by atoms with Crippen LogP contribution in [0.4, 0.5) is 5.69 Å². The summed E-state index contributed by atoms with van der Waals surface area (Å²) in [5.74, 6) is 0.929. The molecule has 2 saturated heterocycles. The summed E-state index contributed by atoms with van der Waals surface area (Å²) in [6.45, 7) is 1.71. The molecule has 3 aromatic rings. The second kappa shape index (κ2) is 9.99. The van der Waals surface area contributed by atoms with E-state index >= 15 is 0 Å². The maximum absolute atomic E-state index is 6.21. The molecule has 6 nitrogen and oxygen atoms in total. The van der Waals surface area contributed by atoms with E-state index in [0.717, 1.165) is 56.0 Å². The van der Waals surface area contributed by atoms with Crippen LogP contribution in [0, 0.1) is 0 Å². The Labute approximate surface area is 212 Å². The summed E-state index contributed by atoms with van der Waals surface area (Å²) in [6.07, 6.45) is 11.7. The van der Waals surface area contributed by atoms with E-state index in [4.69, 9.17) is 21.7 Å². The zero-order chi connectivity index (χ0) is 23.6. The Balaban J connectivity index is 1.33. The van der Waals surface area contributed by atoms with Gasteiger partial charge in [-0.1, -0.05) is 6.07 Å². The van der Waals surface area contributed by atoms with Crippen molar-refractivity contribution in [1.82, 2.24) is 14.9 Å². The van der Waals surface area contributed by atoms with Gasteiger partial charge in [0.2, 0.25) is 0 Å². The van der Waals surface area contributed by atoms with Crippen LogP contribution in [-0.4, -0.2) is 33.5 Å². The van der Waals surface area contributed by atoms with E-state index < -0.39 is 0 Å². The first-order valence-electron chi connectivity index (χ1n) is 12.8. The van der Waals surface area contributed by atoms with Crippen molar-refractivity contribution in [3.05, 3.63) is 78.4 Å². The third-order valence-electron chi connectivity index (χ3n) is 7.41. The number of thiocarbonyl (C=S) groups is 1. The molecule has 0 spiro atoms. The lowest BCUT2D eigenvalue weighted by molar-refractivity contribution is 0.0961. The van der Waals surface area contributed by atoms with Crippen LogP contribution < -0.4 is 15.0 Å². The van der Waals surface area contributed by atoms with Gasteiger partial charge in [0.05, 0.1) is 23.9 Å². The van der Waals surface area contributed by atoms with Crippen LogP contribution in [0.2, 0.25) is 0 Å². The molecule has 182 valence electrons. The number of nitrogens with zero attached hydrogens (tertiary/aromatic N) is 3. The molecule has 35 heavy (non-hydrogen) atoms. The number of hydrogen-bond donors (Lipinski definition) is 1. The summed E-state index contributed by atoms with van der Waals surface area (Å²) in [5.41, 5.74) is 3.23. The van der Waals surface area contributed by atoms with Gasteiger partial charge in [-0.3, -0.25) is 4.98 Å². The van der Waals surface area contributed by atoms with Gasteiger partial charge < -0.3 is 24.3 Å². The fourth-order valence-electron chi connectivity index (χ4n) is 5.69. The minimum absolute atomic E-state index is 0.0320. The van der Waals surface area contributed by atoms with Crippen molar-refractivity contribution in [3.63, 3.8) is 0 Å². The predicted octanol–water partition coefficient (Wildman–Crippen LogP) is 5.56. The van der Waals surface area contributed by atoms with Gasteiger partial charge in [0.25, 0.3) is 0 Å². The first-order chi connectivity index (χ1) is 17.3. The highest BCUT2D eigenvalue weighted by Crippen LogP contribution is 2.42. The Morgan fingerprint density at radius 2 is 1.86 bits per heavy atom. The number of aromatic nitrogens is 2. The molecule has 2 aliphatic heterocycles. The van der Waals surface area contributed by atoms with Crippen molar-refractivity contribution in [2.24, 2.45) is 0 Å². The standard InChI is InChI=1S/C28H32N4O2S/c35-28-30-26(24-10-3-4-16-29-24)27(25-11-5-17-31(25)19-23-9-6-18-33-23)32(28)20-12-14-22(15-13-20)34-21-7-1-2-8-21/h3-5,10-17,21,23,26-27H,1-2,6-9,18-19H2,(H,30,35). The molecule has 1 saturated carbocycles. The number of ether oxygens (including phenoxy) is 2. The Morgan fingerprint density at radius 3 is 2.60 bits per heavy atom. The van der Waals surface area contributed by atoms with Crippen LogP contribution >= 0.6 is 12.2 Å². The van der Waals surface area contributed by atoms with Gasteiger partial charge >= 0.3 is 0 Å². The number of benzene rings is 1. The lowest BCUT2D eigenvalue weighted by atomic mass is 10.0.